The van der Waals surface area contributed by atoms with Gasteiger partial charge in [0.2, 0.25) is 0 Å². The molecule has 0 atom stereocenters. The van der Waals surface area contributed by atoms with E-state index in [1.807, 2.05) is 0 Å². The Morgan fingerprint density at radius 3 is 2.59 bits per heavy atom. The highest BCUT2D eigenvalue weighted by molar-refractivity contribution is 7.89. The van der Waals surface area contributed by atoms with Gasteiger partial charge in [0.15, 0.2) is 0 Å². The molecular weight excluding hydrogens is 262 g/mol. The summed E-state index contributed by atoms with van der Waals surface area (Å²) in [4.78, 5) is 2.51. The van der Waals surface area contributed by atoms with Gasteiger partial charge in [-0.25, -0.2) is 13.5 Å². The van der Waals surface area contributed by atoms with Crippen LogP contribution in [0.5, 0.6) is 0 Å². The SMILES string of the molecule is O=S(=O)(NN1C=CC=C(Cl)N1)c1ccccc1. The van der Waals surface area contributed by atoms with Crippen LogP contribution >= 0.6 is 11.6 Å². The molecule has 90 valence electrons. The van der Waals surface area contributed by atoms with Gasteiger partial charge in [-0.05, 0) is 24.3 Å². The van der Waals surface area contributed by atoms with Gasteiger partial charge >= 0.3 is 0 Å². The van der Waals surface area contributed by atoms with Gasteiger partial charge in [-0.1, -0.05) is 29.8 Å². The molecule has 5 nitrogen and oxygen atoms in total. The van der Waals surface area contributed by atoms with Crippen molar-refractivity contribution < 1.29 is 8.42 Å². The van der Waals surface area contributed by atoms with Crippen LogP contribution in [0.1, 0.15) is 0 Å². The third-order valence-corrected chi connectivity index (χ3v) is 3.52. The summed E-state index contributed by atoms with van der Waals surface area (Å²) in [6.07, 6.45) is 4.73. The van der Waals surface area contributed by atoms with E-state index in [9.17, 15) is 8.42 Å². The van der Waals surface area contributed by atoms with Crippen LogP contribution in [0.3, 0.4) is 0 Å². The summed E-state index contributed by atoms with van der Waals surface area (Å²) >= 11 is 5.71. The maximum atomic E-state index is 11.9. The minimum absolute atomic E-state index is 0.181. The Hall–Kier alpha value is -1.50. The molecule has 17 heavy (non-hydrogen) atoms. The lowest BCUT2D eigenvalue weighted by Crippen LogP contribution is -2.46. The molecule has 0 radical (unpaired) electrons. The van der Waals surface area contributed by atoms with E-state index >= 15 is 0 Å². The Morgan fingerprint density at radius 2 is 1.94 bits per heavy atom. The maximum absolute atomic E-state index is 11.9. The normalized spacial score (nSPS) is 15.4. The average molecular weight is 272 g/mol. The number of nitrogens with zero attached hydrogens (tertiary/aromatic N) is 1. The number of sulfonamides is 1. The highest BCUT2D eigenvalue weighted by atomic mass is 35.5. The molecule has 0 fully saturated rings. The highest BCUT2D eigenvalue weighted by Crippen LogP contribution is 2.09. The van der Waals surface area contributed by atoms with Gasteiger partial charge in [-0.15, -0.1) is 4.83 Å². The number of halogens is 1. The van der Waals surface area contributed by atoms with Crippen molar-refractivity contribution in [3.63, 3.8) is 0 Å². The fourth-order valence-corrected chi connectivity index (χ4v) is 2.39. The van der Waals surface area contributed by atoms with Crippen molar-refractivity contribution in [3.05, 3.63) is 53.8 Å². The van der Waals surface area contributed by atoms with Crippen molar-refractivity contribution in [2.45, 2.75) is 4.90 Å². The summed E-state index contributed by atoms with van der Waals surface area (Å²) in [5.41, 5.74) is 2.62. The van der Waals surface area contributed by atoms with Crippen molar-refractivity contribution in [1.82, 2.24) is 15.4 Å². The average Bonchev–Trinajstić information content (AvgIpc) is 2.29. The number of allylic oxidation sites excluding steroid dienone is 2. The molecular formula is C10H10ClN3O2S. The lowest BCUT2D eigenvalue weighted by molar-refractivity contribution is 0.271. The summed E-state index contributed by atoms with van der Waals surface area (Å²) in [6, 6.07) is 8.07. The molecule has 0 bridgehead atoms. The molecule has 0 saturated heterocycles. The number of hydrazine groups is 2. The van der Waals surface area contributed by atoms with Gasteiger partial charge < -0.3 is 0 Å². The third kappa shape index (κ3) is 3.00. The number of hydrogen-bond acceptors (Lipinski definition) is 4. The molecule has 0 spiro atoms. The molecule has 0 saturated carbocycles. The Bertz CT molecular complexity index is 554. The first-order valence-corrected chi connectivity index (χ1v) is 6.61. The Balaban J connectivity index is 2.14. The second-order valence-electron chi connectivity index (χ2n) is 3.25. The fourth-order valence-electron chi connectivity index (χ4n) is 1.24. The smallest absolute Gasteiger partial charge is 0.259 e. The van der Waals surface area contributed by atoms with E-state index in [1.165, 1.54) is 23.5 Å². The van der Waals surface area contributed by atoms with Gasteiger partial charge in [-0.3, -0.25) is 5.43 Å². The molecule has 0 amide bonds. The van der Waals surface area contributed by atoms with Gasteiger partial charge in [-0.2, -0.15) is 0 Å². The molecule has 1 aliphatic heterocycles. The van der Waals surface area contributed by atoms with E-state index in [0.717, 1.165) is 0 Å². The summed E-state index contributed by atoms with van der Waals surface area (Å²) in [5.74, 6) is 0. The monoisotopic (exact) mass is 271 g/mol. The molecule has 0 unspecified atom stereocenters. The Kier molecular flexibility index (Phi) is 3.37. The maximum Gasteiger partial charge on any atom is 0.259 e. The third-order valence-electron chi connectivity index (χ3n) is 1.98. The number of hydrogen-bond donors (Lipinski definition) is 2. The van der Waals surface area contributed by atoms with Gasteiger partial charge in [0, 0.05) is 6.20 Å². The Morgan fingerprint density at radius 1 is 1.24 bits per heavy atom. The van der Waals surface area contributed by atoms with E-state index in [-0.39, 0.29) is 4.90 Å². The topological polar surface area (TPSA) is 61.4 Å². The van der Waals surface area contributed by atoms with Crippen LogP contribution in [0.4, 0.5) is 0 Å². The van der Waals surface area contributed by atoms with Gasteiger partial charge in [0.05, 0.1) is 4.90 Å². The van der Waals surface area contributed by atoms with Crippen LogP contribution in [0.15, 0.2) is 58.7 Å². The molecule has 2 rings (SSSR count). The first-order valence-electron chi connectivity index (χ1n) is 4.75. The van der Waals surface area contributed by atoms with Crippen LogP contribution < -0.4 is 10.3 Å². The van der Waals surface area contributed by atoms with Crippen molar-refractivity contribution in [2.75, 3.05) is 0 Å². The van der Waals surface area contributed by atoms with Crippen molar-refractivity contribution in [3.8, 4) is 0 Å². The zero-order valence-corrected chi connectivity index (χ0v) is 10.2. The number of nitrogens with one attached hydrogen (secondary N) is 2. The summed E-state index contributed by atoms with van der Waals surface area (Å²) in [6.45, 7) is 0. The van der Waals surface area contributed by atoms with E-state index in [4.69, 9.17) is 11.6 Å². The Labute approximate surface area is 104 Å². The zero-order valence-electron chi connectivity index (χ0n) is 8.67. The minimum Gasteiger partial charge on any atom is -0.272 e. The van der Waals surface area contributed by atoms with E-state index in [2.05, 4.69) is 10.3 Å². The predicted octanol–water partition coefficient (Wildman–Crippen LogP) is 1.29. The quantitative estimate of drug-likeness (QED) is 0.814. The lowest BCUT2D eigenvalue weighted by Gasteiger charge is -2.24. The first-order chi connectivity index (χ1) is 8.08. The highest BCUT2D eigenvalue weighted by Gasteiger charge is 2.17. The molecule has 1 aliphatic rings. The van der Waals surface area contributed by atoms with E-state index in [0.29, 0.717) is 5.16 Å². The first kappa shape index (κ1) is 12.0. The summed E-state index contributed by atoms with van der Waals surface area (Å²) < 4.78 is 23.8. The largest absolute Gasteiger partial charge is 0.272 e. The van der Waals surface area contributed by atoms with Gasteiger partial charge in [0.25, 0.3) is 10.0 Å². The standard InChI is InChI=1S/C10H10ClN3O2S/c11-10-7-4-8-14(12-10)13-17(15,16)9-5-2-1-3-6-9/h1-8,12-13H. The molecule has 0 aliphatic carbocycles. The van der Waals surface area contributed by atoms with Crippen LogP contribution in [-0.4, -0.2) is 13.5 Å². The van der Waals surface area contributed by atoms with Crippen molar-refractivity contribution >= 4 is 21.6 Å². The molecule has 1 aromatic rings. The lowest BCUT2D eigenvalue weighted by atomic mass is 10.4. The zero-order chi connectivity index (χ0) is 12.3. The summed E-state index contributed by atoms with van der Waals surface area (Å²) in [7, 11) is -3.61. The molecule has 1 heterocycles. The van der Waals surface area contributed by atoms with Crippen LogP contribution in [0, 0.1) is 0 Å². The van der Waals surface area contributed by atoms with E-state index in [1.54, 1.807) is 30.4 Å². The summed E-state index contributed by atoms with van der Waals surface area (Å²) in [5, 5.41) is 1.49. The molecule has 0 aromatic heterocycles. The fraction of sp³-hybridized carbons (Fsp3) is 0. The van der Waals surface area contributed by atoms with Crippen LogP contribution in [0.2, 0.25) is 0 Å². The molecule has 2 N–H and O–H groups in total. The predicted molar refractivity (Wildman–Crippen MR) is 64.8 cm³/mol. The second kappa shape index (κ2) is 4.79. The second-order valence-corrected chi connectivity index (χ2v) is 5.31. The van der Waals surface area contributed by atoms with Crippen LogP contribution in [-0.2, 0) is 10.0 Å². The minimum atomic E-state index is -3.61. The van der Waals surface area contributed by atoms with Gasteiger partial charge in [0.1, 0.15) is 5.16 Å². The number of benzene rings is 1. The molecule has 7 heteroatoms. The van der Waals surface area contributed by atoms with Crippen molar-refractivity contribution in [1.29, 1.82) is 0 Å². The van der Waals surface area contributed by atoms with Crippen molar-refractivity contribution in [2.24, 2.45) is 0 Å². The number of rotatable bonds is 3. The van der Waals surface area contributed by atoms with E-state index < -0.39 is 10.0 Å². The molecule has 1 aromatic carbocycles. The van der Waals surface area contributed by atoms with Crippen LogP contribution in [0.25, 0.3) is 0 Å².